The van der Waals surface area contributed by atoms with Gasteiger partial charge >= 0.3 is 0 Å². The molecular weight excluding hydrogens is 497 g/mol. The Labute approximate surface area is 212 Å². The fourth-order valence-electron chi connectivity index (χ4n) is 3.32. The molecule has 0 aliphatic carbocycles. The van der Waals surface area contributed by atoms with Gasteiger partial charge in [0.2, 0.25) is 21.8 Å². The largest absolute Gasteiger partial charge is 0.352 e. The van der Waals surface area contributed by atoms with E-state index in [1.807, 2.05) is 13.8 Å². The third-order valence-corrected chi connectivity index (χ3v) is 7.56. The van der Waals surface area contributed by atoms with Crippen molar-refractivity contribution in [2.45, 2.75) is 52.7 Å². The molecule has 0 spiro atoms. The molecule has 2 rings (SSSR count). The Morgan fingerprint density at radius 2 is 1.65 bits per heavy atom. The highest BCUT2D eigenvalue weighted by Crippen LogP contribution is 2.28. The number of halogens is 2. The molecule has 0 saturated heterocycles. The molecule has 0 radical (unpaired) electrons. The van der Waals surface area contributed by atoms with Crippen LogP contribution in [-0.2, 0) is 26.2 Å². The van der Waals surface area contributed by atoms with Crippen LogP contribution < -0.4 is 9.62 Å². The molecule has 34 heavy (non-hydrogen) atoms. The van der Waals surface area contributed by atoms with Crippen LogP contribution in [0.3, 0.4) is 0 Å². The molecule has 2 aromatic rings. The highest BCUT2D eigenvalue weighted by atomic mass is 35.5. The first kappa shape index (κ1) is 28.0. The van der Waals surface area contributed by atoms with Crippen LogP contribution in [0.5, 0.6) is 0 Å². The molecule has 2 aromatic carbocycles. The zero-order chi connectivity index (χ0) is 25.6. The van der Waals surface area contributed by atoms with Crippen LogP contribution in [-0.4, -0.2) is 50.0 Å². The number of rotatable bonds is 10. The van der Waals surface area contributed by atoms with Crippen molar-refractivity contribution in [3.8, 4) is 0 Å². The molecule has 0 aromatic heterocycles. The van der Waals surface area contributed by atoms with E-state index in [4.69, 9.17) is 23.2 Å². The number of anilines is 1. The van der Waals surface area contributed by atoms with Gasteiger partial charge in [-0.25, -0.2) is 8.42 Å². The van der Waals surface area contributed by atoms with Crippen molar-refractivity contribution < 1.29 is 18.0 Å². The van der Waals surface area contributed by atoms with Crippen molar-refractivity contribution in [2.75, 3.05) is 17.1 Å². The molecule has 7 nitrogen and oxygen atoms in total. The number of hydrogen-bond acceptors (Lipinski definition) is 4. The van der Waals surface area contributed by atoms with Crippen molar-refractivity contribution in [1.29, 1.82) is 0 Å². The Morgan fingerprint density at radius 1 is 1.03 bits per heavy atom. The number of nitrogens with one attached hydrogen (secondary N) is 1. The second kappa shape index (κ2) is 11.9. The number of carbonyl (C=O) groups is 2. The summed E-state index contributed by atoms with van der Waals surface area (Å²) in [7, 11) is -3.84. The number of amides is 2. The standard InChI is InChI=1S/C24H31Cl2N3O4S/c1-6-16(2)27-24(31)18(4)28(14-19-10-7-8-11-21(19)26)23(30)15-29(34(5,32)33)22-13-9-12-20(25)17(22)3/h7-13,16,18H,6,14-15H2,1-5H3,(H,27,31). The van der Waals surface area contributed by atoms with Gasteiger partial charge in [-0.3, -0.25) is 13.9 Å². The van der Waals surface area contributed by atoms with Crippen molar-refractivity contribution in [1.82, 2.24) is 10.2 Å². The number of sulfonamides is 1. The first-order valence-corrected chi connectivity index (χ1v) is 13.5. The molecule has 0 aliphatic heterocycles. The van der Waals surface area contributed by atoms with E-state index in [0.29, 0.717) is 26.9 Å². The third-order valence-electron chi connectivity index (χ3n) is 5.65. The van der Waals surface area contributed by atoms with Crippen LogP contribution in [0.4, 0.5) is 5.69 Å². The lowest BCUT2D eigenvalue weighted by molar-refractivity contribution is -0.139. The molecular formula is C24H31Cl2N3O4S. The lowest BCUT2D eigenvalue weighted by Crippen LogP contribution is -2.52. The van der Waals surface area contributed by atoms with Gasteiger partial charge in [0, 0.05) is 22.6 Å². The van der Waals surface area contributed by atoms with Crippen molar-refractivity contribution in [2.24, 2.45) is 0 Å². The topological polar surface area (TPSA) is 86.8 Å². The highest BCUT2D eigenvalue weighted by molar-refractivity contribution is 7.92. The van der Waals surface area contributed by atoms with Gasteiger partial charge in [-0.05, 0) is 56.5 Å². The minimum absolute atomic E-state index is 0.0414. The van der Waals surface area contributed by atoms with Gasteiger partial charge in [-0.1, -0.05) is 54.4 Å². The summed E-state index contributed by atoms with van der Waals surface area (Å²) in [6, 6.07) is 10.9. The maximum atomic E-state index is 13.6. The van der Waals surface area contributed by atoms with Crippen LogP contribution >= 0.6 is 23.2 Å². The summed E-state index contributed by atoms with van der Waals surface area (Å²) >= 11 is 12.5. The summed E-state index contributed by atoms with van der Waals surface area (Å²) in [5.74, 6) is -0.879. The second-order valence-electron chi connectivity index (χ2n) is 8.26. The lowest BCUT2D eigenvalue weighted by Gasteiger charge is -2.32. The van der Waals surface area contributed by atoms with Gasteiger partial charge in [0.15, 0.2) is 0 Å². The van der Waals surface area contributed by atoms with Crippen LogP contribution in [0.1, 0.15) is 38.3 Å². The average Bonchev–Trinajstić information content (AvgIpc) is 2.77. The Bertz CT molecular complexity index is 1140. The van der Waals surface area contributed by atoms with Crippen LogP contribution in [0.25, 0.3) is 0 Å². The predicted octanol–water partition coefficient (Wildman–Crippen LogP) is 4.40. The molecule has 186 valence electrons. The summed E-state index contributed by atoms with van der Waals surface area (Å²) in [6.07, 6.45) is 1.75. The Hall–Kier alpha value is -2.29. The maximum Gasteiger partial charge on any atom is 0.244 e. The molecule has 2 unspecified atom stereocenters. The fraction of sp³-hybridized carbons (Fsp3) is 0.417. The van der Waals surface area contributed by atoms with Gasteiger partial charge < -0.3 is 10.2 Å². The van der Waals surface area contributed by atoms with E-state index in [1.165, 1.54) is 4.90 Å². The summed E-state index contributed by atoms with van der Waals surface area (Å²) in [5, 5.41) is 3.71. The van der Waals surface area contributed by atoms with Gasteiger partial charge in [0.25, 0.3) is 0 Å². The van der Waals surface area contributed by atoms with E-state index >= 15 is 0 Å². The molecule has 0 fully saturated rings. The first-order chi connectivity index (χ1) is 15.9. The van der Waals surface area contributed by atoms with Crippen molar-refractivity contribution in [3.63, 3.8) is 0 Å². The lowest BCUT2D eigenvalue weighted by atomic mass is 10.1. The fourth-order valence-corrected chi connectivity index (χ4v) is 4.58. The van der Waals surface area contributed by atoms with Crippen molar-refractivity contribution in [3.05, 3.63) is 63.6 Å². The Morgan fingerprint density at radius 3 is 2.24 bits per heavy atom. The third kappa shape index (κ3) is 7.10. The zero-order valence-electron chi connectivity index (χ0n) is 20.0. The van der Waals surface area contributed by atoms with Crippen LogP contribution in [0.15, 0.2) is 42.5 Å². The van der Waals surface area contributed by atoms with Gasteiger partial charge in [-0.2, -0.15) is 0 Å². The Kier molecular flexibility index (Phi) is 9.79. The summed E-state index contributed by atoms with van der Waals surface area (Å²) in [5.41, 5.74) is 1.48. The van der Waals surface area contributed by atoms with E-state index < -0.39 is 28.5 Å². The molecule has 0 aliphatic rings. The zero-order valence-corrected chi connectivity index (χ0v) is 22.3. The quantitative estimate of drug-likeness (QED) is 0.495. The minimum atomic E-state index is -3.84. The SMILES string of the molecule is CCC(C)NC(=O)C(C)N(Cc1ccccc1Cl)C(=O)CN(c1cccc(Cl)c1C)S(C)(=O)=O. The summed E-state index contributed by atoms with van der Waals surface area (Å²) in [6.45, 7) is 6.66. The number of hydrogen-bond donors (Lipinski definition) is 1. The minimum Gasteiger partial charge on any atom is -0.352 e. The Balaban J connectivity index is 2.45. The molecule has 0 bridgehead atoms. The van der Waals surface area contributed by atoms with E-state index in [2.05, 4.69) is 5.32 Å². The summed E-state index contributed by atoms with van der Waals surface area (Å²) in [4.78, 5) is 27.8. The number of benzene rings is 2. The van der Waals surface area contributed by atoms with Gasteiger partial charge in [0.1, 0.15) is 12.6 Å². The molecule has 2 amide bonds. The van der Waals surface area contributed by atoms with E-state index in [1.54, 1.807) is 56.3 Å². The molecule has 0 saturated carbocycles. The molecule has 10 heteroatoms. The number of nitrogens with zero attached hydrogens (tertiary/aromatic N) is 2. The van der Waals surface area contributed by atoms with Crippen LogP contribution in [0.2, 0.25) is 10.0 Å². The highest BCUT2D eigenvalue weighted by Gasteiger charge is 2.31. The average molecular weight is 529 g/mol. The van der Waals surface area contributed by atoms with Crippen LogP contribution in [0, 0.1) is 6.92 Å². The molecule has 1 N–H and O–H groups in total. The van der Waals surface area contributed by atoms with E-state index in [0.717, 1.165) is 17.0 Å². The summed E-state index contributed by atoms with van der Waals surface area (Å²) < 4.78 is 26.3. The maximum absolute atomic E-state index is 13.6. The van der Waals surface area contributed by atoms with Gasteiger partial charge in [0.05, 0.1) is 11.9 Å². The smallest absolute Gasteiger partial charge is 0.244 e. The van der Waals surface area contributed by atoms with Gasteiger partial charge in [-0.15, -0.1) is 0 Å². The van der Waals surface area contributed by atoms with E-state index in [9.17, 15) is 18.0 Å². The van der Waals surface area contributed by atoms with E-state index in [-0.39, 0.29) is 18.5 Å². The number of carbonyl (C=O) groups excluding carboxylic acids is 2. The molecule has 0 heterocycles. The predicted molar refractivity (Wildman–Crippen MR) is 138 cm³/mol. The monoisotopic (exact) mass is 527 g/mol. The van der Waals surface area contributed by atoms with Crippen molar-refractivity contribution >= 4 is 50.7 Å². The first-order valence-electron chi connectivity index (χ1n) is 10.9. The molecule has 2 atom stereocenters. The second-order valence-corrected chi connectivity index (χ2v) is 11.0. The normalized spacial score (nSPS) is 13.1.